The van der Waals surface area contributed by atoms with Gasteiger partial charge in [0, 0.05) is 18.8 Å². The molecule has 0 atom stereocenters. The van der Waals surface area contributed by atoms with E-state index >= 15 is 0 Å². The molecule has 3 rings (SSSR count). The number of benzene rings is 2. The third-order valence-electron chi connectivity index (χ3n) is 3.35. The summed E-state index contributed by atoms with van der Waals surface area (Å²) in [4.78, 5) is 0. The maximum Gasteiger partial charge on any atom is 0.164 e. The Bertz CT molecular complexity index is 613. The molecule has 1 aliphatic heterocycles. The fourth-order valence-electron chi connectivity index (χ4n) is 2.39. The molecule has 1 aliphatic rings. The lowest BCUT2D eigenvalue weighted by atomic mass is 10.1. The quantitative estimate of drug-likeness (QED) is 0.883. The van der Waals surface area contributed by atoms with Gasteiger partial charge in [-0.25, -0.2) is 4.39 Å². The first kappa shape index (κ1) is 12.3. The zero-order valence-corrected chi connectivity index (χ0v) is 11.1. The molecule has 98 valence electrons. The number of hydrogen-bond acceptors (Lipinski definition) is 2. The molecule has 0 unspecified atom stereocenters. The van der Waals surface area contributed by atoms with Crippen LogP contribution >= 0.6 is 11.6 Å². The summed E-state index contributed by atoms with van der Waals surface area (Å²) in [5.41, 5.74) is 4.08. The van der Waals surface area contributed by atoms with Crippen molar-refractivity contribution in [3.63, 3.8) is 0 Å². The van der Waals surface area contributed by atoms with E-state index in [0.29, 0.717) is 12.2 Å². The summed E-state index contributed by atoms with van der Waals surface area (Å²) in [7, 11) is 0. The standard InChI is InChI=1S/C15H14ClFN2/c16-12-5-2-6-13(14(12)17)19-9-11-4-1-3-10-7-8-18-15(10)11/h1-6,18-19H,7-9H2. The SMILES string of the molecule is Fc1c(Cl)cccc1NCc1cccc2c1NCC2. The zero-order valence-electron chi connectivity index (χ0n) is 10.3. The van der Waals surface area contributed by atoms with Crippen molar-refractivity contribution in [1.29, 1.82) is 0 Å². The van der Waals surface area contributed by atoms with Crippen LogP contribution in [0.2, 0.25) is 5.02 Å². The number of nitrogens with one attached hydrogen (secondary N) is 2. The van der Waals surface area contributed by atoms with Gasteiger partial charge in [-0.3, -0.25) is 0 Å². The Kier molecular flexibility index (Phi) is 3.30. The van der Waals surface area contributed by atoms with Crippen LogP contribution in [0.3, 0.4) is 0 Å². The van der Waals surface area contributed by atoms with Gasteiger partial charge < -0.3 is 10.6 Å². The Hall–Kier alpha value is -1.74. The van der Waals surface area contributed by atoms with Crippen LogP contribution in [-0.2, 0) is 13.0 Å². The molecule has 0 saturated carbocycles. The van der Waals surface area contributed by atoms with E-state index in [-0.39, 0.29) is 5.02 Å². The summed E-state index contributed by atoms with van der Waals surface area (Å²) in [5.74, 6) is -0.398. The summed E-state index contributed by atoms with van der Waals surface area (Å²) in [6.07, 6.45) is 1.05. The van der Waals surface area contributed by atoms with Gasteiger partial charge in [0.1, 0.15) is 0 Å². The van der Waals surface area contributed by atoms with E-state index < -0.39 is 5.82 Å². The molecule has 0 saturated heterocycles. The monoisotopic (exact) mass is 276 g/mol. The molecule has 0 aromatic heterocycles. The van der Waals surface area contributed by atoms with Crippen LogP contribution in [0.25, 0.3) is 0 Å². The minimum atomic E-state index is -0.398. The van der Waals surface area contributed by atoms with E-state index in [1.807, 2.05) is 12.1 Å². The highest BCUT2D eigenvalue weighted by atomic mass is 35.5. The third-order valence-corrected chi connectivity index (χ3v) is 3.65. The molecule has 0 bridgehead atoms. The number of fused-ring (bicyclic) bond motifs is 1. The molecule has 2 nitrogen and oxygen atoms in total. The predicted octanol–water partition coefficient (Wildman–Crippen LogP) is 4.06. The molecule has 0 fully saturated rings. The maximum absolute atomic E-state index is 13.8. The summed E-state index contributed by atoms with van der Waals surface area (Å²) in [5, 5.41) is 6.61. The predicted molar refractivity (Wildman–Crippen MR) is 77.4 cm³/mol. The van der Waals surface area contributed by atoms with Crippen LogP contribution in [0.5, 0.6) is 0 Å². The van der Waals surface area contributed by atoms with Crippen molar-refractivity contribution >= 4 is 23.0 Å². The lowest BCUT2D eigenvalue weighted by Crippen LogP contribution is -2.04. The van der Waals surface area contributed by atoms with Crippen LogP contribution < -0.4 is 10.6 Å². The Morgan fingerprint density at radius 3 is 2.95 bits per heavy atom. The Labute approximate surface area is 116 Å². The molecule has 2 aromatic rings. The van der Waals surface area contributed by atoms with E-state index in [4.69, 9.17) is 11.6 Å². The maximum atomic E-state index is 13.8. The second kappa shape index (κ2) is 5.10. The van der Waals surface area contributed by atoms with E-state index in [0.717, 1.165) is 18.5 Å². The van der Waals surface area contributed by atoms with Crippen LogP contribution in [-0.4, -0.2) is 6.54 Å². The van der Waals surface area contributed by atoms with Crippen molar-refractivity contribution in [2.75, 3.05) is 17.2 Å². The molecular weight excluding hydrogens is 263 g/mol. The highest BCUT2D eigenvalue weighted by molar-refractivity contribution is 6.31. The molecule has 4 heteroatoms. The van der Waals surface area contributed by atoms with Gasteiger partial charge in [-0.2, -0.15) is 0 Å². The first-order valence-corrected chi connectivity index (χ1v) is 6.66. The first-order chi connectivity index (χ1) is 9.25. The molecule has 2 N–H and O–H groups in total. The lowest BCUT2D eigenvalue weighted by Gasteiger charge is -2.12. The van der Waals surface area contributed by atoms with Crippen molar-refractivity contribution in [3.05, 3.63) is 58.4 Å². The van der Waals surface area contributed by atoms with Crippen molar-refractivity contribution in [2.24, 2.45) is 0 Å². The van der Waals surface area contributed by atoms with Gasteiger partial charge in [0.05, 0.1) is 10.7 Å². The third kappa shape index (κ3) is 2.38. The average molecular weight is 277 g/mol. The number of para-hydroxylation sites is 1. The minimum Gasteiger partial charge on any atom is -0.384 e. The second-order valence-electron chi connectivity index (χ2n) is 4.58. The Morgan fingerprint density at radius 2 is 2.05 bits per heavy atom. The van der Waals surface area contributed by atoms with Crippen molar-refractivity contribution < 1.29 is 4.39 Å². The lowest BCUT2D eigenvalue weighted by molar-refractivity contribution is 0.630. The molecule has 1 heterocycles. The van der Waals surface area contributed by atoms with Crippen LogP contribution in [0.4, 0.5) is 15.8 Å². The molecule has 0 spiro atoms. The van der Waals surface area contributed by atoms with E-state index in [9.17, 15) is 4.39 Å². The summed E-state index contributed by atoms with van der Waals surface area (Å²) < 4.78 is 13.8. The summed E-state index contributed by atoms with van der Waals surface area (Å²) in [6.45, 7) is 1.55. The van der Waals surface area contributed by atoms with Gasteiger partial charge in [0.25, 0.3) is 0 Å². The number of anilines is 2. The minimum absolute atomic E-state index is 0.140. The topological polar surface area (TPSA) is 24.1 Å². The Morgan fingerprint density at radius 1 is 1.21 bits per heavy atom. The van der Waals surface area contributed by atoms with Gasteiger partial charge in [-0.15, -0.1) is 0 Å². The molecule has 0 radical (unpaired) electrons. The van der Waals surface area contributed by atoms with Crippen molar-refractivity contribution in [3.8, 4) is 0 Å². The van der Waals surface area contributed by atoms with Crippen molar-refractivity contribution in [1.82, 2.24) is 0 Å². The normalized spacial score (nSPS) is 12.9. The van der Waals surface area contributed by atoms with E-state index in [2.05, 4.69) is 16.7 Å². The van der Waals surface area contributed by atoms with E-state index in [1.54, 1.807) is 18.2 Å². The molecular formula is C15H14ClFN2. The highest BCUT2D eigenvalue weighted by Crippen LogP contribution is 2.28. The fourth-order valence-corrected chi connectivity index (χ4v) is 2.56. The average Bonchev–Trinajstić information content (AvgIpc) is 2.89. The number of hydrogen-bond donors (Lipinski definition) is 2. The Balaban J connectivity index is 1.80. The summed E-state index contributed by atoms with van der Waals surface area (Å²) >= 11 is 5.76. The zero-order chi connectivity index (χ0) is 13.2. The smallest absolute Gasteiger partial charge is 0.164 e. The second-order valence-corrected chi connectivity index (χ2v) is 4.99. The first-order valence-electron chi connectivity index (χ1n) is 6.28. The molecule has 0 amide bonds. The van der Waals surface area contributed by atoms with Crippen molar-refractivity contribution in [2.45, 2.75) is 13.0 Å². The highest BCUT2D eigenvalue weighted by Gasteiger charge is 2.13. The summed E-state index contributed by atoms with van der Waals surface area (Å²) in [6, 6.07) is 11.2. The van der Waals surface area contributed by atoms with Gasteiger partial charge >= 0.3 is 0 Å². The van der Waals surface area contributed by atoms with Gasteiger partial charge in [0.15, 0.2) is 5.82 Å². The largest absolute Gasteiger partial charge is 0.384 e. The molecule has 0 aliphatic carbocycles. The number of rotatable bonds is 3. The van der Waals surface area contributed by atoms with Crippen LogP contribution in [0.15, 0.2) is 36.4 Å². The molecule has 19 heavy (non-hydrogen) atoms. The number of halogens is 2. The van der Waals surface area contributed by atoms with Gasteiger partial charge in [-0.1, -0.05) is 35.9 Å². The van der Waals surface area contributed by atoms with Crippen LogP contribution in [0.1, 0.15) is 11.1 Å². The van der Waals surface area contributed by atoms with Gasteiger partial charge in [-0.05, 0) is 29.7 Å². The van der Waals surface area contributed by atoms with Crippen LogP contribution in [0, 0.1) is 5.82 Å². The fraction of sp³-hybridized carbons (Fsp3) is 0.200. The molecule has 2 aromatic carbocycles. The van der Waals surface area contributed by atoms with Gasteiger partial charge in [0.2, 0.25) is 0 Å². The van der Waals surface area contributed by atoms with E-state index in [1.165, 1.54) is 11.3 Å².